The lowest BCUT2D eigenvalue weighted by Gasteiger charge is -2.35. The van der Waals surface area contributed by atoms with Crippen LogP contribution in [0.5, 0.6) is 0 Å². The Morgan fingerprint density at radius 2 is 1.91 bits per heavy atom. The van der Waals surface area contributed by atoms with Crippen molar-refractivity contribution >= 4 is 46.3 Å². The van der Waals surface area contributed by atoms with Crippen LogP contribution >= 0.6 is 23.2 Å². The first-order valence-corrected chi connectivity index (χ1v) is 15.3. The number of halogens is 2. The Bertz CT molecular complexity index is 1720. The Hall–Kier alpha value is -3.95. The first-order chi connectivity index (χ1) is 20.7. The fraction of sp³-hybridized carbons (Fsp3) is 0.344. The lowest BCUT2D eigenvalue weighted by Crippen LogP contribution is -2.38. The van der Waals surface area contributed by atoms with Crippen molar-refractivity contribution in [2.75, 3.05) is 11.9 Å². The van der Waals surface area contributed by atoms with Crippen molar-refractivity contribution in [1.82, 2.24) is 29.4 Å². The van der Waals surface area contributed by atoms with Crippen molar-refractivity contribution < 1.29 is 9.59 Å². The predicted molar refractivity (Wildman–Crippen MR) is 168 cm³/mol. The molecule has 222 valence electrons. The molecule has 11 heteroatoms. The molecule has 1 N–H and O–H groups in total. The third-order valence-corrected chi connectivity index (χ3v) is 8.86. The fourth-order valence-corrected chi connectivity index (χ4v) is 6.56. The number of fused-ring (bicyclic) bond motifs is 4. The van der Waals surface area contributed by atoms with Crippen LogP contribution in [-0.4, -0.2) is 47.8 Å². The number of hydrogen-bond acceptors (Lipinski definition) is 5. The molecule has 0 saturated heterocycles. The van der Waals surface area contributed by atoms with Crippen LogP contribution in [0.15, 0.2) is 61.1 Å². The zero-order valence-corrected chi connectivity index (χ0v) is 25.8. The lowest BCUT2D eigenvalue weighted by atomic mass is 9.87. The van der Waals surface area contributed by atoms with Crippen molar-refractivity contribution in [3.05, 3.63) is 82.5 Å². The number of amides is 2. The van der Waals surface area contributed by atoms with E-state index in [-0.39, 0.29) is 34.8 Å². The largest absolute Gasteiger partial charge is 0.349 e. The molecule has 43 heavy (non-hydrogen) atoms. The minimum Gasteiger partial charge on any atom is -0.349 e. The average Bonchev–Trinajstić information content (AvgIpc) is 3.57. The highest BCUT2D eigenvalue weighted by molar-refractivity contribution is 6.31. The van der Waals surface area contributed by atoms with E-state index >= 15 is 0 Å². The molecule has 3 aromatic heterocycles. The number of pyridine rings is 1. The average molecular weight is 619 g/mol. The SMILES string of the molecule is CC(C)[C@@H]1CCC[C@H](N2CCC(c3cc(Cl)ccc3-n3cc(Cl)nn3)=CC2=O)c2cc(ccn2)-c2c(ccn2C)NC1=O. The second-order valence-electron chi connectivity index (χ2n) is 11.5. The monoisotopic (exact) mass is 617 g/mol. The van der Waals surface area contributed by atoms with E-state index in [2.05, 4.69) is 29.5 Å². The summed E-state index contributed by atoms with van der Waals surface area (Å²) in [6.07, 6.45) is 9.87. The van der Waals surface area contributed by atoms with Gasteiger partial charge >= 0.3 is 0 Å². The predicted octanol–water partition coefficient (Wildman–Crippen LogP) is 6.73. The third kappa shape index (κ3) is 5.84. The second-order valence-corrected chi connectivity index (χ2v) is 12.4. The fourth-order valence-electron chi connectivity index (χ4n) is 6.26. The zero-order chi connectivity index (χ0) is 30.2. The molecule has 6 rings (SSSR count). The van der Waals surface area contributed by atoms with Gasteiger partial charge in [-0.3, -0.25) is 14.6 Å². The molecule has 2 bridgehead atoms. The molecule has 0 spiro atoms. The van der Waals surface area contributed by atoms with Crippen LogP contribution in [0.2, 0.25) is 10.2 Å². The molecule has 5 heterocycles. The molecule has 2 aliphatic heterocycles. The van der Waals surface area contributed by atoms with Crippen LogP contribution < -0.4 is 5.32 Å². The molecule has 0 unspecified atom stereocenters. The highest BCUT2D eigenvalue weighted by Gasteiger charge is 2.32. The van der Waals surface area contributed by atoms with Gasteiger partial charge in [0.15, 0.2) is 5.15 Å². The van der Waals surface area contributed by atoms with E-state index in [4.69, 9.17) is 28.2 Å². The highest BCUT2D eigenvalue weighted by atomic mass is 35.5. The van der Waals surface area contributed by atoms with Gasteiger partial charge in [0.05, 0.1) is 35.0 Å². The molecule has 0 saturated carbocycles. The van der Waals surface area contributed by atoms with Crippen molar-refractivity contribution in [2.45, 2.75) is 45.6 Å². The van der Waals surface area contributed by atoms with Crippen LogP contribution in [0.3, 0.4) is 0 Å². The molecular formula is C32H33Cl2N7O2. The standard InChI is InChI=1S/C32H33Cl2N7O2/c1-19(2)23-5-4-6-28(26-15-21(9-12-35-26)31-25(36-32(23)43)11-13-39(31)3)40-14-10-20(16-30(40)42)24-17-22(33)7-8-27(24)41-18-29(34)37-38-41/h7-9,11-13,15-19,23,28H,4-6,10,14H2,1-3H3,(H,36,43)/t23-,28-/m0/s1. The van der Waals surface area contributed by atoms with Crippen LogP contribution in [0, 0.1) is 11.8 Å². The van der Waals surface area contributed by atoms with E-state index in [1.807, 2.05) is 53.0 Å². The first-order valence-electron chi connectivity index (χ1n) is 14.5. The summed E-state index contributed by atoms with van der Waals surface area (Å²) in [5.74, 6) is -0.0276. The Kier molecular flexibility index (Phi) is 8.11. The topological polar surface area (TPSA) is 97.9 Å². The molecule has 0 radical (unpaired) electrons. The summed E-state index contributed by atoms with van der Waals surface area (Å²) in [5, 5.41) is 12.0. The summed E-state index contributed by atoms with van der Waals surface area (Å²) in [5.41, 5.74) is 5.88. The first kappa shape index (κ1) is 29.1. The number of carbonyl (C=O) groups is 2. The summed E-state index contributed by atoms with van der Waals surface area (Å²) in [6, 6.07) is 11.2. The van der Waals surface area contributed by atoms with Gasteiger partial charge < -0.3 is 14.8 Å². The van der Waals surface area contributed by atoms with E-state index in [1.54, 1.807) is 29.2 Å². The molecule has 2 aliphatic rings. The Morgan fingerprint density at radius 3 is 2.65 bits per heavy atom. The van der Waals surface area contributed by atoms with Gasteiger partial charge in [-0.1, -0.05) is 48.7 Å². The number of carbonyl (C=O) groups excluding carboxylic acids is 2. The summed E-state index contributed by atoms with van der Waals surface area (Å²) in [4.78, 5) is 34.0. The van der Waals surface area contributed by atoms with E-state index in [0.29, 0.717) is 24.4 Å². The van der Waals surface area contributed by atoms with Crippen LogP contribution in [0.4, 0.5) is 5.69 Å². The van der Waals surface area contributed by atoms with Crippen molar-refractivity contribution in [3.8, 4) is 16.9 Å². The minimum atomic E-state index is -0.239. The Balaban J connectivity index is 1.37. The van der Waals surface area contributed by atoms with Crippen molar-refractivity contribution in [3.63, 3.8) is 0 Å². The maximum absolute atomic E-state index is 13.9. The minimum absolute atomic E-state index is 0.0291. The molecule has 0 aliphatic carbocycles. The van der Waals surface area contributed by atoms with Crippen LogP contribution in [0.25, 0.3) is 22.5 Å². The maximum atomic E-state index is 13.9. The number of benzene rings is 1. The van der Waals surface area contributed by atoms with E-state index < -0.39 is 0 Å². The quantitative estimate of drug-likeness (QED) is 0.274. The van der Waals surface area contributed by atoms with Crippen molar-refractivity contribution in [1.29, 1.82) is 0 Å². The van der Waals surface area contributed by atoms with Gasteiger partial charge in [-0.15, -0.1) is 5.10 Å². The van der Waals surface area contributed by atoms with Crippen LogP contribution in [0.1, 0.15) is 56.8 Å². The van der Waals surface area contributed by atoms with Crippen LogP contribution in [-0.2, 0) is 16.6 Å². The number of nitrogens with one attached hydrogen (secondary N) is 1. The molecule has 9 nitrogen and oxygen atoms in total. The van der Waals surface area contributed by atoms with Gasteiger partial charge in [0, 0.05) is 54.1 Å². The number of hydrogen-bond donors (Lipinski definition) is 1. The van der Waals surface area contributed by atoms with Gasteiger partial charge in [-0.2, -0.15) is 0 Å². The summed E-state index contributed by atoms with van der Waals surface area (Å²) < 4.78 is 3.60. The summed E-state index contributed by atoms with van der Waals surface area (Å²) in [6.45, 7) is 4.68. The maximum Gasteiger partial charge on any atom is 0.247 e. The zero-order valence-electron chi connectivity index (χ0n) is 24.3. The Labute approximate surface area is 260 Å². The molecule has 2 atom stereocenters. The van der Waals surface area contributed by atoms with E-state index in [0.717, 1.165) is 52.3 Å². The number of rotatable bonds is 4. The van der Waals surface area contributed by atoms with E-state index in [9.17, 15) is 9.59 Å². The number of nitrogens with zero attached hydrogens (tertiary/aromatic N) is 6. The number of aromatic nitrogens is 5. The van der Waals surface area contributed by atoms with Gasteiger partial charge in [-0.25, -0.2) is 4.68 Å². The molecule has 1 aromatic carbocycles. The van der Waals surface area contributed by atoms with Crippen molar-refractivity contribution in [2.24, 2.45) is 18.9 Å². The molecule has 0 fully saturated rings. The smallest absolute Gasteiger partial charge is 0.247 e. The van der Waals surface area contributed by atoms with Gasteiger partial charge in [0.2, 0.25) is 11.8 Å². The van der Waals surface area contributed by atoms with Gasteiger partial charge in [0.25, 0.3) is 0 Å². The normalized spacial score (nSPS) is 19.4. The summed E-state index contributed by atoms with van der Waals surface area (Å²) >= 11 is 12.4. The second kappa shape index (κ2) is 12.0. The van der Waals surface area contributed by atoms with E-state index in [1.165, 1.54) is 0 Å². The third-order valence-electron chi connectivity index (χ3n) is 8.46. The molecule has 4 aromatic rings. The summed E-state index contributed by atoms with van der Waals surface area (Å²) in [7, 11) is 1.96. The lowest BCUT2D eigenvalue weighted by molar-refractivity contribution is -0.129. The van der Waals surface area contributed by atoms with Gasteiger partial charge in [-0.05, 0) is 67.2 Å². The highest BCUT2D eigenvalue weighted by Crippen LogP contribution is 2.38. The number of anilines is 1. The van der Waals surface area contributed by atoms with Gasteiger partial charge in [0.1, 0.15) is 0 Å². The molecular weight excluding hydrogens is 585 g/mol. The Morgan fingerprint density at radius 1 is 1.07 bits per heavy atom. The molecule has 2 amide bonds. The number of aryl methyl sites for hydroxylation is 1.